The van der Waals surface area contributed by atoms with Crippen LogP contribution >= 0.6 is 0 Å². The SMILES string of the molecule is COc1cc(OC)cc(C(=O)NCc2ccc(F)cc2F)c1. The molecule has 0 heterocycles. The lowest BCUT2D eigenvalue weighted by Gasteiger charge is -2.10. The molecule has 22 heavy (non-hydrogen) atoms. The first-order valence-corrected chi connectivity index (χ1v) is 6.48. The normalized spacial score (nSPS) is 10.2. The average Bonchev–Trinajstić information content (AvgIpc) is 2.53. The Labute approximate surface area is 126 Å². The van der Waals surface area contributed by atoms with Crippen LogP contribution in [0.2, 0.25) is 0 Å². The Bertz CT molecular complexity index is 667. The van der Waals surface area contributed by atoms with E-state index in [1.165, 1.54) is 20.3 Å². The number of carbonyl (C=O) groups excluding carboxylic acids is 1. The molecule has 0 fully saturated rings. The van der Waals surface area contributed by atoms with Crippen molar-refractivity contribution in [2.75, 3.05) is 14.2 Å². The molecule has 0 aliphatic heterocycles. The number of halogens is 2. The van der Waals surface area contributed by atoms with Crippen molar-refractivity contribution >= 4 is 5.91 Å². The van der Waals surface area contributed by atoms with Gasteiger partial charge >= 0.3 is 0 Å². The van der Waals surface area contributed by atoms with Gasteiger partial charge in [-0.1, -0.05) is 6.07 Å². The van der Waals surface area contributed by atoms with Gasteiger partial charge in [-0.15, -0.1) is 0 Å². The van der Waals surface area contributed by atoms with Crippen LogP contribution in [0, 0.1) is 11.6 Å². The predicted octanol–water partition coefficient (Wildman–Crippen LogP) is 2.91. The van der Waals surface area contributed by atoms with Crippen molar-refractivity contribution in [3.05, 3.63) is 59.2 Å². The molecule has 1 N–H and O–H groups in total. The summed E-state index contributed by atoms with van der Waals surface area (Å²) in [7, 11) is 2.95. The summed E-state index contributed by atoms with van der Waals surface area (Å²) < 4.78 is 36.5. The van der Waals surface area contributed by atoms with Crippen molar-refractivity contribution in [1.82, 2.24) is 5.32 Å². The number of methoxy groups -OCH3 is 2. The van der Waals surface area contributed by atoms with E-state index in [4.69, 9.17) is 9.47 Å². The Morgan fingerprint density at radius 3 is 2.23 bits per heavy atom. The number of nitrogens with one attached hydrogen (secondary N) is 1. The van der Waals surface area contributed by atoms with Crippen LogP contribution in [0.15, 0.2) is 36.4 Å². The smallest absolute Gasteiger partial charge is 0.251 e. The second-order valence-electron chi connectivity index (χ2n) is 4.52. The lowest BCUT2D eigenvalue weighted by Crippen LogP contribution is -2.23. The molecular weight excluding hydrogens is 292 g/mol. The van der Waals surface area contributed by atoms with Gasteiger partial charge in [0.1, 0.15) is 23.1 Å². The van der Waals surface area contributed by atoms with Gasteiger partial charge < -0.3 is 14.8 Å². The zero-order chi connectivity index (χ0) is 16.1. The van der Waals surface area contributed by atoms with Gasteiger partial charge in [0.2, 0.25) is 0 Å². The van der Waals surface area contributed by atoms with Crippen molar-refractivity contribution in [3.8, 4) is 11.5 Å². The topological polar surface area (TPSA) is 47.6 Å². The number of rotatable bonds is 5. The molecule has 0 bridgehead atoms. The zero-order valence-corrected chi connectivity index (χ0v) is 12.2. The Morgan fingerprint density at radius 2 is 1.68 bits per heavy atom. The monoisotopic (exact) mass is 307 g/mol. The van der Waals surface area contributed by atoms with Gasteiger partial charge in [-0.3, -0.25) is 4.79 Å². The van der Waals surface area contributed by atoms with E-state index in [1.807, 2.05) is 0 Å². The van der Waals surface area contributed by atoms with E-state index in [0.29, 0.717) is 17.1 Å². The highest BCUT2D eigenvalue weighted by Gasteiger charge is 2.11. The van der Waals surface area contributed by atoms with Crippen molar-refractivity contribution in [2.45, 2.75) is 6.54 Å². The molecule has 0 atom stereocenters. The van der Waals surface area contributed by atoms with Crippen LogP contribution in [0.25, 0.3) is 0 Å². The third-order valence-electron chi connectivity index (χ3n) is 3.07. The molecule has 116 valence electrons. The van der Waals surface area contributed by atoms with Crippen molar-refractivity contribution < 1.29 is 23.0 Å². The maximum absolute atomic E-state index is 13.5. The Morgan fingerprint density at radius 1 is 1.05 bits per heavy atom. The Hall–Kier alpha value is -2.63. The lowest BCUT2D eigenvalue weighted by molar-refractivity contribution is 0.0950. The summed E-state index contributed by atoms with van der Waals surface area (Å²) in [5.74, 6) is -0.843. The van der Waals surface area contributed by atoms with Crippen molar-refractivity contribution in [3.63, 3.8) is 0 Å². The van der Waals surface area contributed by atoms with Gasteiger partial charge in [0.25, 0.3) is 5.91 Å². The molecule has 0 spiro atoms. The minimum Gasteiger partial charge on any atom is -0.497 e. The summed E-state index contributed by atoms with van der Waals surface area (Å²) in [6.45, 7) is -0.0511. The van der Waals surface area contributed by atoms with Crippen LogP contribution in [0.4, 0.5) is 8.78 Å². The van der Waals surface area contributed by atoms with E-state index < -0.39 is 17.5 Å². The third-order valence-corrected chi connectivity index (χ3v) is 3.07. The van der Waals surface area contributed by atoms with Crippen LogP contribution in [0.3, 0.4) is 0 Å². The fourth-order valence-corrected chi connectivity index (χ4v) is 1.88. The number of hydrogen-bond acceptors (Lipinski definition) is 3. The first-order valence-electron chi connectivity index (χ1n) is 6.48. The quantitative estimate of drug-likeness (QED) is 0.924. The molecule has 4 nitrogen and oxygen atoms in total. The minimum absolute atomic E-state index is 0.0511. The number of carbonyl (C=O) groups is 1. The molecule has 2 aromatic rings. The maximum Gasteiger partial charge on any atom is 0.251 e. The van der Waals surface area contributed by atoms with Gasteiger partial charge in [-0.25, -0.2) is 8.78 Å². The second kappa shape index (κ2) is 6.89. The van der Waals surface area contributed by atoms with E-state index in [2.05, 4.69) is 5.32 Å². The van der Waals surface area contributed by atoms with Crippen LogP contribution in [-0.2, 0) is 6.54 Å². The second-order valence-corrected chi connectivity index (χ2v) is 4.52. The minimum atomic E-state index is -0.705. The van der Waals surface area contributed by atoms with Gasteiger partial charge in [-0.05, 0) is 18.2 Å². The van der Waals surface area contributed by atoms with Gasteiger partial charge in [0.15, 0.2) is 0 Å². The fraction of sp³-hybridized carbons (Fsp3) is 0.188. The zero-order valence-electron chi connectivity index (χ0n) is 12.2. The summed E-state index contributed by atoms with van der Waals surface area (Å²) in [6, 6.07) is 7.92. The van der Waals surface area contributed by atoms with Crippen LogP contribution < -0.4 is 14.8 Å². The van der Waals surface area contributed by atoms with Crippen LogP contribution in [-0.4, -0.2) is 20.1 Å². The van der Waals surface area contributed by atoms with E-state index >= 15 is 0 Å². The fourth-order valence-electron chi connectivity index (χ4n) is 1.88. The molecule has 2 rings (SSSR count). The molecule has 0 radical (unpaired) electrons. The summed E-state index contributed by atoms with van der Waals surface area (Å²) in [6.07, 6.45) is 0. The molecule has 0 aliphatic carbocycles. The van der Waals surface area contributed by atoms with Gasteiger partial charge in [-0.2, -0.15) is 0 Å². The predicted molar refractivity (Wildman–Crippen MR) is 77.1 cm³/mol. The summed E-state index contributed by atoms with van der Waals surface area (Å²) in [5, 5.41) is 2.57. The average molecular weight is 307 g/mol. The summed E-state index contributed by atoms with van der Waals surface area (Å²) >= 11 is 0. The van der Waals surface area contributed by atoms with Crippen LogP contribution in [0.1, 0.15) is 15.9 Å². The molecular formula is C16H15F2NO3. The number of benzene rings is 2. The summed E-state index contributed by atoms with van der Waals surface area (Å²) in [4.78, 5) is 12.1. The molecule has 0 saturated carbocycles. The van der Waals surface area contributed by atoms with Gasteiger partial charge in [0, 0.05) is 29.8 Å². The number of amides is 1. The van der Waals surface area contributed by atoms with E-state index in [0.717, 1.165) is 12.1 Å². The highest BCUT2D eigenvalue weighted by molar-refractivity contribution is 5.95. The molecule has 0 unspecified atom stereocenters. The van der Waals surface area contributed by atoms with Crippen LogP contribution in [0.5, 0.6) is 11.5 Å². The first kappa shape index (κ1) is 15.8. The highest BCUT2D eigenvalue weighted by atomic mass is 19.1. The lowest BCUT2D eigenvalue weighted by atomic mass is 10.1. The largest absolute Gasteiger partial charge is 0.497 e. The Kier molecular flexibility index (Phi) is 4.93. The Balaban J connectivity index is 2.12. The molecule has 6 heteroatoms. The van der Waals surface area contributed by atoms with Crippen molar-refractivity contribution in [1.29, 1.82) is 0 Å². The maximum atomic E-state index is 13.5. The molecule has 0 saturated heterocycles. The van der Waals surface area contributed by atoms with E-state index in [9.17, 15) is 13.6 Å². The standard InChI is InChI=1S/C16H15F2NO3/c1-21-13-5-11(6-14(8-13)22-2)16(20)19-9-10-3-4-12(17)7-15(10)18/h3-8H,9H2,1-2H3,(H,19,20). The van der Waals surface area contributed by atoms with Crippen molar-refractivity contribution in [2.24, 2.45) is 0 Å². The van der Waals surface area contributed by atoms with E-state index in [-0.39, 0.29) is 12.1 Å². The molecule has 0 aliphatic rings. The molecule has 0 aromatic heterocycles. The number of hydrogen-bond donors (Lipinski definition) is 1. The first-order chi connectivity index (χ1) is 10.5. The molecule has 2 aromatic carbocycles. The molecule has 1 amide bonds. The number of ether oxygens (including phenoxy) is 2. The third kappa shape index (κ3) is 3.72. The highest BCUT2D eigenvalue weighted by Crippen LogP contribution is 2.22. The summed E-state index contributed by atoms with van der Waals surface area (Å²) in [5.41, 5.74) is 0.517. The van der Waals surface area contributed by atoms with E-state index in [1.54, 1.807) is 18.2 Å². The van der Waals surface area contributed by atoms with Gasteiger partial charge in [0.05, 0.1) is 14.2 Å².